The molecule has 5 heteroatoms. The van der Waals surface area contributed by atoms with E-state index in [0.717, 1.165) is 10.9 Å². The standard InChI is InChI=1S/C24H20ClNO3/c25-21-11-5-7-13-24(21)28-15-14-26-16-20(19-10-4-6-12-22(19)26)23(27)17-29-18-8-2-1-3-9-18/h1-13,16H,14-15,17H2. The number of carbonyl (C=O) groups is 1. The lowest BCUT2D eigenvalue weighted by molar-refractivity contribution is 0.0923. The summed E-state index contributed by atoms with van der Waals surface area (Å²) in [7, 11) is 0. The van der Waals surface area contributed by atoms with Gasteiger partial charge >= 0.3 is 0 Å². The number of fused-ring (bicyclic) bond motifs is 1. The summed E-state index contributed by atoms with van der Waals surface area (Å²) in [5.74, 6) is 1.27. The van der Waals surface area contributed by atoms with Gasteiger partial charge in [0.2, 0.25) is 5.78 Å². The number of hydrogen-bond acceptors (Lipinski definition) is 3. The Bertz CT molecular complexity index is 1120. The van der Waals surface area contributed by atoms with Crippen LogP contribution in [0.1, 0.15) is 10.4 Å². The molecule has 29 heavy (non-hydrogen) atoms. The van der Waals surface area contributed by atoms with Gasteiger partial charge in [-0.15, -0.1) is 0 Å². The van der Waals surface area contributed by atoms with Crippen molar-refractivity contribution in [3.05, 3.63) is 95.6 Å². The molecule has 0 saturated heterocycles. The molecule has 0 aliphatic carbocycles. The van der Waals surface area contributed by atoms with Crippen molar-refractivity contribution in [2.24, 2.45) is 0 Å². The number of carbonyl (C=O) groups excluding carboxylic acids is 1. The number of rotatable bonds is 8. The predicted octanol–water partition coefficient (Wildman–Crippen LogP) is 5.64. The Balaban J connectivity index is 1.49. The fraction of sp³-hybridized carbons (Fsp3) is 0.125. The van der Waals surface area contributed by atoms with Crippen molar-refractivity contribution in [1.82, 2.24) is 4.57 Å². The molecule has 0 unspecified atom stereocenters. The molecule has 1 aromatic heterocycles. The van der Waals surface area contributed by atoms with Crippen molar-refractivity contribution in [3.63, 3.8) is 0 Å². The second-order valence-corrected chi connectivity index (χ2v) is 6.96. The molecule has 0 bridgehead atoms. The molecule has 0 N–H and O–H groups in total. The van der Waals surface area contributed by atoms with Gasteiger partial charge in [0, 0.05) is 22.7 Å². The average molecular weight is 406 g/mol. The lowest BCUT2D eigenvalue weighted by Crippen LogP contribution is -2.11. The van der Waals surface area contributed by atoms with Gasteiger partial charge < -0.3 is 14.0 Å². The van der Waals surface area contributed by atoms with Crippen molar-refractivity contribution in [3.8, 4) is 11.5 Å². The average Bonchev–Trinajstić information content (AvgIpc) is 3.13. The fourth-order valence-electron chi connectivity index (χ4n) is 3.21. The van der Waals surface area contributed by atoms with E-state index >= 15 is 0 Å². The Morgan fingerprint density at radius 2 is 1.59 bits per heavy atom. The molecule has 4 aromatic rings. The van der Waals surface area contributed by atoms with E-state index in [2.05, 4.69) is 0 Å². The number of hydrogen-bond donors (Lipinski definition) is 0. The van der Waals surface area contributed by atoms with Crippen LogP contribution in [0.3, 0.4) is 0 Å². The first-order valence-corrected chi connectivity index (χ1v) is 9.76. The zero-order valence-corrected chi connectivity index (χ0v) is 16.5. The minimum atomic E-state index is -0.0594. The molecule has 0 saturated carbocycles. The molecule has 0 radical (unpaired) electrons. The molecular weight excluding hydrogens is 386 g/mol. The lowest BCUT2D eigenvalue weighted by atomic mass is 10.1. The van der Waals surface area contributed by atoms with Crippen LogP contribution in [0.25, 0.3) is 10.9 Å². The first-order valence-electron chi connectivity index (χ1n) is 9.38. The minimum absolute atomic E-state index is 0.00581. The molecular formula is C24H20ClNO3. The Morgan fingerprint density at radius 1 is 0.862 bits per heavy atom. The third-order valence-corrected chi connectivity index (χ3v) is 4.94. The summed E-state index contributed by atoms with van der Waals surface area (Å²) in [5.41, 5.74) is 1.63. The Kier molecular flexibility index (Phi) is 5.82. The largest absolute Gasteiger partial charge is 0.490 e. The number of para-hydroxylation sites is 3. The minimum Gasteiger partial charge on any atom is -0.490 e. The van der Waals surface area contributed by atoms with Gasteiger partial charge in [0.25, 0.3) is 0 Å². The highest BCUT2D eigenvalue weighted by Crippen LogP contribution is 2.25. The number of aromatic nitrogens is 1. The molecule has 0 aliphatic heterocycles. The number of ketones is 1. The topological polar surface area (TPSA) is 40.5 Å². The third-order valence-electron chi connectivity index (χ3n) is 4.63. The van der Waals surface area contributed by atoms with Gasteiger partial charge in [-0.25, -0.2) is 0 Å². The third kappa shape index (κ3) is 4.44. The molecule has 1 heterocycles. The van der Waals surface area contributed by atoms with E-state index in [1.165, 1.54) is 0 Å². The number of nitrogens with zero attached hydrogens (tertiary/aromatic N) is 1. The van der Waals surface area contributed by atoms with Crippen LogP contribution in [0.4, 0.5) is 0 Å². The van der Waals surface area contributed by atoms with E-state index in [1.54, 1.807) is 6.07 Å². The van der Waals surface area contributed by atoms with Crippen LogP contribution in [-0.2, 0) is 6.54 Å². The van der Waals surface area contributed by atoms with E-state index in [-0.39, 0.29) is 12.4 Å². The molecule has 146 valence electrons. The van der Waals surface area contributed by atoms with Gasteiger partial charge in [-0.05, 0) is 30.3 Å². The highest BCUT2D eigenvalue weighted by Gasteiger charge is 2.15. The van der Waals surface area contributed by atoms with Crippen LogP contribution in [0.5, 0.6) is 11.5 Å². The molecule has 0 atom stereocenters. The van der Waals surface area contributed by atoms with Gasteiger partial charge in [0.15, 0.2) is 6.61 Å². The number of Topliss-reactive ketones (excluding diaryl/α,β-unsaturated/α-hetero) is 1. The first-order chi connectivity index (χ1) is 14.2. The van der Waals surface area contributed by atoms with E-state index in [9.17, 15) is 4.79 Å². The first kappa shape index (κ1) is 19.1. The van der Waals surface area contributed by atoms with E-state index in [1.807, 2.05) is 83.6 Å². The molecule has 4 nitrogen and oxygen atoms in total. The van der Waals surface area contributed by atoms with Crippen molar-refractivity contribution in [2.75, 3.05) is 13.2 Å². The number of benzene rings is 3. The second kappa shape index (κ2) is 8.84. The van der Waals surface area contributed by atoms with Crippen LogP contribution in [0.2, 0.25) is 5.02 Å². The molecule has 3 aromatic carbocycles. The summed E-state index contributed by atoms with van der Waals surface area (Å²) in [5, 5.41) is 1.49. The number of ether oxygens (including phenoxy) is 2. The van der Waals surface area contributed by atoms with Crippen molar-refractivity contribution in [1.29, 1.82) is 0 Å². The molecule has 4 rings (SSSR count). The summed E-state index contributed by atoms with van der Waals surface area (Å²) in [6.45, 7) is 1.03. The summed E-state index contributed by atoms with van der Waals surface area (Å²) >= 11 is 6.14. The summed E-state index contributed by atoms with van der Waals surface area (Å²) in [6, 6.07) is 24.6. The maximum absolute atomic E-state index is 12.8. The summed E-state index contributed by atoms with van der Waals surface area (Å²) < 4.78 is 13.5. The Hall–Kier alpha value is -3.24. The second-order valence-electron chi connectivity index (χ2n) is 6.56. The van der Waals surface area contributed by atoms with Crippen LogP contribution in [-0.4, -0.2) is 23.6 Å². The van der Waals surface area contributed by atoms with E-state index in [0.29, 0.717) is 35.2 Å². The van der Waals surface area contributed by atoms with Crippen LogP contribution in [0, 0.1) is 0 Å². The normalized spacial score (nSPS) is 10.8. The Morgan fingerprint density at radius 3 is 2.41 bits per heavy atom. The summed E-state index contributed by atoms with van der Waals surface area (Å²) in [4.78, 5) is 12.8. The van der Waals surface area contributed by atoms with Crippen molar-refractivity contribution < 1.29 is 14.3 Å². The van der Waals surface area contributed by atoms with Gasteiger partial charge in [-0.1, -0.05) is 60.1 Å². The van der Waals surface area contributed by atoms with Crippen LogP contribution < -0.4 is 9.47 Å². The molecule has 0 aliphatic rings. The summed E-state index contributed by atoms with van der Waals surface area (Å²) in [6.07, 6.45) is 1.87. The molecule has 0 fully saturated rings. The monoisotopic (exact) mass is 405 g/mol. The van der Waals surface area contributed by atoms with Crippen molar-refractivity contribution in [2.45, 2.75) is 6.54 Å². The zero-order valence-electron chi connectivity index (χ0n) is 15.8. The van der Waals surface area contributed by atoms with E-state index < -0.39 is 0 Å². The maximum Gasteiger partial charge on any atom is 0.202 e. The van der Waals surface area contributed by atoms with Crippen LogP contribution >= 0.6 is 11.6 Å². The van der Waals surface area contributed by atoms with Crippen LogP contribution in [0.15, 0.2) is 85.1 Å². The molecule has 0 amide bonds. The number of halogens is 1. The lowest BCUT2D eigenvalue weighted by Gasteiger charge is -2.09. The van der Waals surface area contributed by atoms with E-state index in [4.69, 9.17) is 21.1 Å². The van der Waals surface area contributed by atoms with Gasteiger partial charge in [0.1, 0.15) is 18.1 Å². The highest BCUT2D eigenvalue weighted by molar-refractivity contribution is 6.32. The van der Waals surface area contributed by atoms with Crippen molar-refractivity contribution >= 4 is 28.3 Å². The Labute approximate surface area is 174 Å². The fourth-order valence-corrected chi connectivity index (χ4v) is 3.40. The molecule has 0 spiro atoms. The predicted molar refractivity (Wildman–Crippen MR) is 115 cm³/mol. The highest BCUT2D eigenvalue weighted by atomic mass is 35.5. The van der Waals surface area contributed by atoms with Gasteiger partial charge in [-0.2, -0.15) is 0 Å². The smallest absolute Gasteiger partial charge is 0.202 e. The van der Waals surface area contributed by atoms with Gasteiger partial charge in [-0.3, -0.25) is 4.79 Å². The SMILES string of the molecule is O=C(COc1ccccc1)c1cn(CCOc2ccccc2Cl)c2ccccc12. The van der Waals surface area contributed by atoms with Gasteiger partial charge in [0.05, 0.1) is 11.6 Å². The maximum atomic E-state index is 12.8. The zero-order chi connectivity index (χ0) is 20.1. The quantitative estimate of drug-likeness (QED) is 0.356.